The number of benzene rings is 1. The zero-order chi connectivity index (χ0) is 18.9. The molecule has 1 N–H and O–H groups in total. The monoisotopic (exact) mass is 548 g/mol. The molecule has 1 aromatic heterocycles. The predicted molar refractivity (Wildman–Crippen MR) is 126 cm³/mol. The minimum absolute atomic E-state index is 0. The van der Waals surface area contributed by atoms with Gasteiger partial charge in [0, 0.05) is 37.1 Å². The minimum atomic E-state index is 0. The van der Waals surface area contributed by atoms with Crippen molar-refractivity contribution in [1.29, 1.82) is 0 Å². The van der Waals surface area contributed by atoms with Gasteiger partial charge in [-0.2, -0.15) is 0 Å². The summed E-state index contributed by atoms with van der Waals surface area (Å²) in [5.41, 5.74) is 1.25. The second-order valence-corrected chi connectivity index (χ2v) is 7.35. The first-order valence-corrected chi connectivity index (χ1v) is 9.96. The summed E-state index contributed by atoms with van der Waals surface area (Å²) in [6, 6.07) is 8.78. The van der Waals surface area contributed by atoms with Crippen LogP contribution in [0.4, 0.5) is 0 Å². The van der Waals surface area contributed by atoms with Crippen LogP contribution in [0.25, 0.3) is 0 Å². The second-order valence-electron chi connectivity index (χ2n) is 6.44. The molecule has 0 saturated heterocycles. The van der Waals surface area contributed by atoms with E-state index in [1.165, 1.54) is 5.56 Å². The quantitative estimate of drug-likeness (QED) is 0.306. The molecule has 1 unspecified atom stereocenters. The van der Waals surface area contributed by atoms with Crippen LogP contribution in [0.1, 0.15) is 38.6 Å². The van der Waals surface area contributed by atoms with Crippen molar-refractivity contribution >= 4 is 45.9 Å². The first-order valence-electron chi connectivity index (χ1n) is 9.16. The number of aromatic nitrogens is 3. The fourth-order valence-electron chi connectivity index (χ4n) is 2.54. The van der Waals surface area contributed by atoms with Gasteiger partial charge in [0.25, 0.3) is 0 Å². The van der Waals surface area contributed by atoms with Crippen molar-refractivity contribution in [2.75, 3.05) is 13.6 Å². The number of hydrogen-bond donors (Lipinski definition) is 1. The molecule has 0 aliphatic heterocycles. The Labute approximate surface area is 188 Å². The Kier molecular flexibility index (Phi) is 10.9. The molecule has 0 aliphatic carbocycles. The Hall–Kier alpha value is -1.16. The van der Waals surface area contributed by atoms with Crippen LogP contribution >= 0.6 is 39.9 Å². The highest BCUT2D eigenvalue weighted by atomic mass is 127. The average Bonchev–Trinajstić information content (AvgIpc) is 3.10. The van der Waals surface area contributed by atoms with E-state index in [9.17, 15) is 0 Å². The van der Waals surface area contributed by atoms with Crippen molar-refractivity contribution in [1.82, 2.24) is 25.0 Å². The molecule has 150 valence electrons. The van der Waals surface area contributed by atoms with Gasteiger partial charge in [-0.1, -0.05) is 41.9 Å². The van der Waals surface area contributed by atoms with Crippen molar-refractivity contribution in [2.24, 2.45) is 4.99 Å². The van der Waals surface area contributed by atoms with Gasteiger partial charge in [0.1, 0.15) is 12.2 Å². The van der Waals surface area contributed by atoms with Crippen LogP contribution in [0.3, 0.4) is 0 Å². The normalized spacial score (nSPS) is 12.4. The summed E-state index contributed by atoms with van der Waals surface area (Å²) in [5, 5.41) is 11.6. The van der Waals surface area contributed by atoms with Crippen LogP contribution in [-0.4, -0.2) is 45.3 Å². The fraction of sp³-hybridized carbons (Fsp3) is 0.526. The van der Waals surface area contributed by atoms with Crippen molar-refractivity contribution in [3.63, 3.8) is 0 Å². The van der Waals surface area contributed by atoms with E-state index < -0.39 is 0 Å². The van der Waals surface area contributed by atoms with Gasteiger partial charge in [0.05, 0.1) is 6.54 Å². The standard InChI is InChI=1S/C19H29BrN6.HI/c1-5-15(3)23-19(21-11-12-26-14-22-24-18(26)6-2)25(4)13-16-7-9-17(20)10-8-16;/h7-10,14-15H,5-6,11-13H2,1-4H3,(H,21,23);1H. The third kappa shape index (κ3) is 7.77. The van der Waals surface area contributed by atoms with Crippen molar-refractivity contribution in [2.45, 2.75) is 52.7 Å². The summed E-state index contributed by atoms with van der Waals surface area (Å²) in [5.74, 6) is 1.92. The van der Waals surface area contributed by atoms with Gasteiger partial charge in [0.15, 0.2) is 5.96 Å². The van der Waals surface area contributed by atoms with Crippen LogP contribution in [0.15, 0.2) is 40.1 Å². The SMILES string of the molecule is CCc1nncn1CCN=C(NC(C)CC)N(C)Cc1ccc(Br)cc1.I. The topological polar surface area (TPSA) is 58.3 Å². The number of rotatable bonds is 8. The zero-order valence-corrected chi connectivity index (χ0v) is 20.4. The number of nitrogens with zero attached hydrogens (tertiary/aromatic N) is 5. The molecule has 1 aromatic carbocycles. The highest BCUT2D eigenvalue weighted by Gasteiger charge is 2.10. The zero-order valence-electron chi connectivity index (χ0n) is 16.5. The molecule has 0 spiro atoms. The Morgan fingerprint density at radius 1 is 1.30 bits per heavy atom. The summed E-state index contributed by atoms with van der Waals surface area (Å²) in [6.07, 6.45) is 3.71. The molecule has 6 nitrogen and oxygen atoms in total. The summed E-state index contributed by atoms with van der Waals surface area (Å²) in [7, 11) is 2.08. The molecular formula is C19H30BrIN6. The molecule has 0 aliphatic rings. The van der Waals surface area contributed by atoms with Crippen LogP contribution in [0, 0.1) is 0 Å². The van der Waals surface area contributed by atoms with E-state index >= 15 is 0 Å². The van der Waals surface area contributed by atoms with Crippen LogP contribution in [0.5, 0.6) is 0 Å². The van der Waals surface area contributed by atoms with Crippen LogP contribution < -0.4 is 5.32 Å². The van der Waals surface area contributed by atoms with Gasteiger partial charge < -0.3 is 14.8 Å². The van der Waals surface area contributed by atoms with E-state index in [1.807, 2.05) is 0 Å². The third-order valence-electron chi connectivity index (χ3n) is 4.30. The highest BCUT2D eigenvalue weighted by Crippen LogP contribution is 2.12. The van der Waals surface area contributed by atoms with Gasteiger partial charge in [-0.3, -0.25) is 4.99 Å². The predicted octanol–water partition coefficient (Wildman–Crippen LogP) is 4.10. The molecule has 27 heavy (non-hydrogen) atoms. The Morgan fingerprint density at radius 3 is 2.63 bits per heavy atom. The molecule has 2 aromatic rings. The number of guanidine groups is 1. The number of hydrogen-bond acceptors (Lipinski definition) is 3. The maximum Gasteiger partial charge on any atom is 0.194 e. The number of nitrogens with one attached hydrogen (secondary N) is 1. The number of aliphatic imine (C=N–C) groups is 1. The maximum absolute atomic E-state index is 4.82. The lowest BCUT2D eigenvalue weighted by Crippen LogP contribution is -2.43. The molecule has 0 bridgehead atoms. The Morgan fingerprint density at radius 2 is 2.00 bits per heavy atom. The van der Waals surface area contributed by atoms with E-state index in [4.69, 9.17) is 4.99 Å². The van der Waals surface area contributed by atoms with Gasteiger partial charge in [-0.25, -0.2) is 0 Å². The van der Waals surface area contributed by atoms with Gasteiger partial charge in [-0.15, -0.1) is 34.2 Å². The van der Waals surface area contributed by atoms with E-state index in [0.717, 1.165) is 42.2 Å². The van der Waals surface area contributed by atoms with Crippen LogP contribution in [-0.2, 0) is 19.5 Å². The van der Waals surface area contributed by atoms with E-state index in [-0.39, 0.29) is 24.0 Å². The Bertz CT molecular complexity index is 700. The van der Waals surface area contributed by atoms with Gasteiger partial charge in [-0.05, 0) is 31.0 Å². The largest absolute Gasteiger partial charge is 0.354 e. The third-order valence-corrected chi connectivity index (χ3v) is 4.83. The van der Waals surface area contributed by atoms with Crippen molar-refractivity contribution in [3.8, 4) is 0 Å². The molecule has 0 fully saturated rings. The van der Waals surface area contributed by atoms with Gasteiger partial charge in [0.2, 0.25) is 0 Å². The molecule has 1 atom stereocenters. The summed E-state index contributed by atoms with van der Waals surface area (Å²) < 4.78 is 3.16. The second kappa shape index (κ2) is 12.3. The van der Waals surface area contributed by atoms with E-state index in [0.29, 0.717) is 12.6 Å². The number of halogens is 2. The lowest BCUT2D eigenvalue weighted by molar-refractivity contribution is 0.458. The molecular weight excluding hydrogens is 519 g/mol. The van der Waals surface area contributed by atoms with Gasteiger partial charge >= 0.3 is 0 Å². The molecule has 0 radical (unpaired) electrons. The lowest BCUT2D eigenvalue weighted by atomic mass is 10.2. The molecule has 2 rings (SSSR count). The highest BCUT2D eigenvalue weighted by molar-refractivity contribution is 14.0. The smallest absolute Gasteiger partial charge is 0.194 e. The summed E-state index contributed by atoms with van der Waals surface area (Å²) in [4.78, 5) is 6.99. The summed E-state index contributed by atoms with van der Waals surface area (Å²) >= 11 is 3.49. The summed E-state index contributed by atoms with van der Waals surface area (Å²) in [6.45, 7) is 8.73. The minimum Gasteiger partial charge on any atom is -0.354 e. The van der Waals surface area contributed by atoms with E-state index in [2.05, 4.69) is 93.0 Å². The van der Waals surface area contributed by atoms with Crippen molar-refractivity contribution < 1.29 is 0 Å². The molecule has 0 amide bonds. The van der Waals surface area contributed by atoms with Crippen molar-refractivity contribution in [3.05, 3.63) is 46.5 Å². The molecule has 0 saturated carbocycles. The molecule has 8 heteroatoms. The van der Waals surface area contributed by atoms with E-state index in [1.54, 1.807) is 6.33 Å². The fourth-order valence-corrected chi connectivity index (χ4v) is 2.81. The Balaban J connectivity index is 0.00000364. The first kappa shape index (κ1) is 23.9. The lowest BCUT2D eigenvalue weighted by Gasteiger charge is -2.25. The first-order chi connectivity index (χ1) is 12.5. The molecule has 1 heterocycles. The average molecular weight is 549 g/mol. The number of aryl methyl sites for hydroxylation is 1. The van der Waals surface area contributed by atoms with Crippen LogP contribution in [0.2, 0.25) is 0 Å². The maximum atomic E-state index is 4.82.